The zero-order chi connectivity index (χ0) is 16.8. The number of hydrogen-bond donors (Lipinski definition) is 1. The molecular weight excluding hydrogens is 302 g/mol. The summed E-state index contributed by atoms with van der Waals surface area (Å²) in [4.78, 5) is 12.0. The number of thioether (sulfide) groups is 1. The van der Waals surface area contributed by atoms with Gasteiger partial charge in [0.1, 0.15) is 0 Å². The Morgan fingerprint density at radius 2 is 1.65 bits per heavy atom. The zero-order valence-corrected chi connectivity index (χ0v) is 15.2. The van der Waals surface area contributed by atoms with Gasteiger partial charge in [-0.05, 0) is 43.0 Å². The fraction of sp³-hybridized carbons (Fsp3) is 0.350. The molecule has 2 nitrogen and oxygen atoms in total. The number of carbonyl (C=O) groups excluding carboxylic acids is 1. The first-order valence-electron chi connectivity index (χ1n) is 7.99. The Morgan fingerprint density at radius 1 is 1.04 bits per heavy atom. The van der Waals surface area contributed by atoms with Gasteiger partial charge < -0.3 is 5.32 Å². The standard InChI is InChI=1S/C20H25NOS/c1-14(2)18-5-7-19(8-6-18)21-20(22)13-23-12-17-10-15(3)9-16(4)11-17/h5-11,14H,12-13H2,1-4H3,(H,21,22). The SMILES string of the molecule is Cc1cc(C)cc(CSCC(=O)Nc2ccc(C(C)C)cc2)c1. The predicted octanol–water partition coefficient (Wildman–Crippen LogP) is 5.30. The van der Waals surface area contributed by atoms with E-state index < -0.39 is 0 Å². The lowest BCUT2D eigenvalue weighted by atomic mass is 10.0. The fourth-order valence-electron chi connectivity index (χ4n) is 2.56. The first-order chi connectivity index (χ1) is 10.9. The Bertz CT molecular complexity index is 642. The molecule has 0 aliphatic carbocycles. The summed E-state index contributed by atoms with van der Waals surface area (Å²) in [6.07, 6.45) is 0. The van der Waals surface area contributed by atoms with Crippen molar-refractivity contribution in [2.75, 3.05) is 11.1 Å². The van der Waals surface area contributed by atoms with Crippen molar-refractivity contribution in [1.29, 1.82) is 0 Å². The number of nitrogens with one attached hydrogen (secondary N) is 1. The number of benzene rings is 2. The number of amides is 1. The molecule has 0 unspecified atom stereocenters. The number of anilines is 1. The highest BCUT2D eigenvalue weighted by atomic mass is 32.2. The van der Waals surface area contributed by atoms with E-state index in [1.807, 2.05) is 12.1 Å². The van der Waals surface area contributed by atoms with Crippen LogP contribution >= 0.6 is 11.8 Å². The Labute approximate surface area is 143 Å². The summed E-state index contributed by atoms with van der Waals surface area (Å²) >= 11 is 1.65. The van der Waals surface area contributed by atoms with Gasteiger partial charge in [0.2, 0.25) is 5.91 Å². The highest BCUT2D eigenvalue weighted by molar-refractivity contribution is 7.99. The normalized spacial score (nSPS) is 10.8. The summed E-state index contributed by atoms with van der Waals surface area (Å²) in [7, 11) is 0. The molecule has 0 fully saturated rings. The lowest BCUT2D eigenvalue weighted by Crippen LogP contribution is -2.14. The molecule has 23 heavy (non-hydrogen) atoms. The van der Waals surface area contributed by atoms with E-state index in [9.17, 15) is 4.79 Å². The fourth-order valence-corrected chi connectivity index (χ4v) is 3.32. The number of aryl methyl sites for hydroxylation is 2. The molecule has 0 atom stereocenters. The number of carbonyl (C=O) groups is 1. The molecule has 3 heteroatoms. The first kappa shape index (κ1) is 17.6. The van der Waals surface area contributed by atoms with Crippen LogP contribution in [0.15, 0.2) is 42.5 Å². The molecule has 2 aromatic carbocycles. The average molecular weight is 327 g/mol. The average Bonchev–Trinajstić information content (AvgIpc) is 2.46. The van der Waals surface area contributed by atoms with Gasteiger partial charge in [-0.25, -0.2) is 0 Å². The highest BCUT2D eigenvalue weighted by Gasteiger charge is 2.05. The maximum absolute atomic E-state index is 12.0. The van der Waals surface area contributed by atoms with Crippen molar-refractivity contribution < 1.29 is 4.79 Å². The Balaban J connectivity index is 1.80. The topological polar surface area (TPSA) is 29.1 Å². The molecule has 122 valence electrons. The summed E-state index contributed by atoms with van der Waals surface area (Å²) in [5, 5.41) is 2.96. The zero-order valence-electron chi connectivity index (χ0n) is 14.3. The lowest BCUT2D eigenvalue weighted by molar-refractivity contribution is -0.113. The summed E-state index contributed by atoms with van der Waals surface area (Å²) in [5.41, 5.74) is 5.98. The van der Waals surface area contributed by atoms with Crippen LogP contribution in [0.3, 0.4) is 0 Å². The van der Waals surface area contributed by atoms with Crippen LogP contribution < -0.4 is 5.32 Å². The summed E-state index contributed by atoms with van der Waals surface area (Å²) in [5.74, 6) is 1.89. The number of rotatable bonds is 6. The van der Waals surface area contributed by atoms with Crippen molar-refractivity contribution in [3.63, 3.8) is 0 Å². The smallest absolute Gasteiger partial charge is 0.234 e. The van der Waals surface area contributed by atoms with Gasteiger partial charge in [0.15, 0.2) is 0 Å². The molecule has 0 aliphatic rings. The second-order valence-corrected chi connectivity index (χ2v) is 7.30. The van der Waals surface area contributed by atoms with Crippen LogP contribution in [0.4, 0.5) is 5.69 Å². The van der Waals surface area contributed by atoms with Crippen molar-refractivity contribution in [2.24, 2.45) is 0 Å². The van der Waals surface area contributed by atoms with Gasteiger partial charge in [-0.15, -0.1) is 11.8 Å². The molecule has 0 saturated heterocycles. The van der Waals surface area contributed by atoms with Crippen molar-refractivity contribution >= 4 is 23.4 Å². The lowest BCUT2D eigenvalue weighted by Gasteiger charge is -2.09. The molecule has 0 radical (unpaired) electrons. The molecule has 2 rings (SSSR count). The predicted molar refractivity (Wildman–Crippen MR) is 101 cm³/mol. The van der Waals surface area contributed by atoms with Gasteiger partial charge >= 0.3 is 0 Å². The van der Waals surface area contributed by atoms with E-state index in [4.69, 9.17) is 0 Å². The first-order valence-corrected chi connectivity index (χ1v) is 9.14. The van der Waals surface area contributed by atoms with Crippen LogP contribution in [0.5, 0.6) is 0 Å². The van der Waals surface area contributed by atoms with Gasteiger partial charge in [-0.2, -0.15) is 0 Å². The Kier molecular flexibility index (Phi) is 6.28. The second-order valence-electron chi connectivity index (χ2n) is 6.31. The highest BCUT2D eigenvalue weighted by Crippen LogP contribution is 2.18. The third-order valence-electron chi connectivity index (χ3n) is 3.64. The van der Waals surface area contributed by atoms with Crippen LogP contribution in [0.1, 0.15) is 42.0 Å². The summed E-state index contributed by atoms with van der Waals surface area (Å²) in [6.45, 7) is 8.54. The van der Waals surface area contributed by atoms with E-state index in [0.29, 0.717) is 11.7 Å². The molecule has 0 aromatic heterocycles. The minimum atomic E-state index is 0.0525. The monoisotopic (exact) mass is 327 g/mol. The van der Waals surface area contributed by atoms with Crippen LogP contribution in [-0.2, 0) is 10.5 Å². The van der Waals surface area contributed by atoms with E-state index in [2.05, 4.69) is 63.3 Å². The van der Waals surface area contributed by atoms with Crippen molar-refractivity contribution in [1.82, 2.24) is 0 Å². The summed E-state index contributed by atoms with van der Waals surface area (Å²) < 4.78 is 0. The van der Waals surface area contributed by atoms with Crippen LogP contribution in [-0.4, -0.2) is 11.7 Å². The third-order valence-corrected chi connectivity index (χ3v) is 4.65. The molecule has 0 bridgehead atoms. The van der Waals surface area contributed by atoms with E-state index in [1.54, 1.807) is 11.8 Å². The van der Waals surface area contributed by atoms with Crippen LogP contribution in [0.25, 0.3) is 0 Å². The summed E-state index contributed by atoms with van der Waals surface area (Å²) in [6, 6.07) is 14.6. The van der Waals surface area contributed by atoms with E-state index in [-0.39, 0.29) is 5.91 Å². The molecule has 0 heterocycles. The van der Waals surface area contributed by atoms with Gasteiger partial charge in [0.25, 0.3) is 0 Å². The molecular formula is C20H25NOS. The molecule has 0 aliphatic heterocycles. The number of hydrogen-bond acceptors (Lipinski definition) is 2. The maximum atomic E-state index is 12.0. The largest absolute Gasteiger partial charge is 0.325 e. The molecule has 1 amide bonds. The van der Waals surface area contributed by atoms with Gasteiger partial charge in [-0.1, -0.05) is 55.3 Å². The van der Waals surface area contributed by atoms with Crippen molar-refractivity contribution in [3.05, 3.63) is 64.7 Å². The maximum Gasteiger partial charge on any atom is 0.234 e. The van der Waals surface area contributed by atoms with Crippen LogP contribution in [0.2, 0.25) is 0 Å². The Hall–Kier alpha value is -1.74. The molecule has 1 N–H and O–H groups in total. The molecule has 0 spiro atoms. The van der Waals surface area contributed by atoms with E-state index in [0.717, 1.165) is 11.4 Å². The quantitative estimate of drug-likeness (QED) is 0.780. The third kappa shape index (κ3) is 5.76. The molecule has 0 saturated carbocycles. The molecule has 2 aromatic rings. The minimum Gasteiger partial charge on any atom is -0.325 e. The van der Waals surface area contributed by atoms with Gasteiger partial charge in [0.05, 0.1) is 5.75 Å². The van der Waals surface area contributed by atoms with Gasteiger partial charge in [-0.3, -0.25) is 4.79 Å². The van der Waals surface area contributed by atoms with Crippen molar-refractivity contribution in [3.8, 4) is 0 Å². The van der Waals surface area contributed by atoms with Gasteiger partial charge in [0, 0.05) is 11.4 Å². The Morgan fingerprint density at radius 3 is 2.22 bits per heavy atom. The second kappa shape index (κ2) is 8.21. The van der Waals surface area contributed by atoms with Crippen molar-refractivity contribution in [2.45, 2.75) is 39.4 Å². The van der Waals surface area contributed by atoms with Crippen LogP contribution in [0, 0.1) is 13.8 Å². The van der Waals surface area contributed by atoms with E-state index in [1.165, 1.54) is 22.3 Å². The van der Waals surface area contributed by atoms with E-state index >= 15 is 0 Å². The minimum absolute atomic E-state index is 0.0525.